The zero-order valence-electron chi connectivity index (χ0n) is 9.99. The number of halogens is 1. The van der Waals surface area contributed by atoms with Crippen LogP contribution in [-0.4, -0.2) is 30.8 Å². The van der Waals surface area contributed by atoms with Gasteiger partial charge in [-0.2, -0.15) is 0 Å². The fraction of sp³-hybridized carbons (Fsp3) is 0.308. The summed E-state index contributed by atoms with van der Waals surface area (Å²) in [5, 5.41) is 11.5. The van der Waals surface area contributed by atoms with Crippen molar-refractivity contribution in [1.82, 2.24) is 0 Å². The van der Waals surface area contributed by atoms with Crippen LogP contribution in [-0.2, 0) is 4.74 Å². The van der Waals surface area contributed by atoms with Crippen LogP contribution < -0.4 is 5.32 Å². The molecule has 0 aliphatic carbocycles. The monoisotopic (exact) mass is 253 g/mol. The molecule has 1 rings (SSSR count). The van der Waals surface area contributed by atoms with Gasteiger partial charge in [-0.15, -0.1) is 6.58 Å². The van der Waals surface area contributed by atoms with Crippen molar-refractivity contribution in [3.63, 3.8) is 0 Å². The first-order valence-corrected chi connectivity index (χ1v) is 5.60. The van der Waals surface area contributed by atoms with Crippen molar-refractivity contribution in [3.8, 4) is 0 Å². The molecule has 0 spiro atoms. The van der Waals surface area contributed by atoms with Gasteiger partial charge in [-0.25, -0.2) is 9.18 Å². The van der Waals surface area contributed by atoms with E-state index >= 15 is 0 Å². The molecule has 0 aliphatic rings. The minimum atomic E-state index is -1.15. The number of benzene rings is 1. The first kappa shape index (κ1) is 14.2. The summed E-state index contributed by atoms with van der Waals surface area (Å²) in [6, 6.07) is 3.75. The van der Waals surface area contributed by atoms with Crippen LogP contribution in [0.1, 0.15) is 16.8 Å². The van der Waals surface area contributed by atoms with E-state index in [0.29, 0.717) is 19.8 Å². The van der Waals surface area contributed by atoms with Gasteiger partial charge in [-0.3, -0.25) is 0 Å². The lowest BCUT2D eigenvalue weighted by atomic mass is 10.2. The molecule has 0 radical (unpaired) electrons. The highest BCUT2D eigenvalue weighted by atomic mass is 19.1. The van der Waals surface area contributed by atoms with Crippen LogP contribution in [0.4, 0.5) is 10.1 Å². The van der Waals surface area contributed by atoms with E-state index in [1.807, 2.05) is 0 Å². The molecule has 4 nitrogen and oxygen atoms in total. The summed E-state index contributed by atoms with van der Waals surface area (Å²) < 4.78 is 18.7. The lowest BCUT2D eigenvalue weighted by Crippen LogP contribution is -2.11. The molecule has 0 atom stereocenters. The Balaban J connectivity index is 2.38. The van der Waals surface area contributed by atoms with Crippen LogP contribution >= 0.6 is 0 Å². The number of rotatable bonds is 8. The third kappa shape index (κ3) is 4.55. The van der Waals surface area contributed by atoms with Crippen molar-refractivity contribution in [2.24, 2.45) is 0 Å². The largest absolute Gasteiger partial charge is 0.478 e. The average Bonchev–Trinajstić information content (AvgIpc) is 2.35. The molecule has 18 heavy (non-hydrogen) atoms. The molecule has 0 aliphatic heterocycles. The summed E-state index contributed by atoms with van der Waals surface area (Å²) in [4.78, 5) is 10.6. The second kappa shape index (κ2) is 7.45. The summed E-state index contributed by atoms with van der Waals surface area (Å²) in [5.41, 5.74) is 0.201. The molecule has 2 N–H and O–H groups in total. The minimum absolute atomic E-state index is 0.0692. The van der Waals surface area contributed by atoms with Gasteiger partial charge in [-0.1, -0.05) is 6.08 Å². The quantitative estimate of drug-likeness (QED) is 0.552. The van der Waals surface area contributed by atoms with Gasteiger partial charge in [0.1, 0.15) is 5.82 Å². The molecule has 0 saturated heterocycles. The summed E-state index contributed by atoms with van der Waals surface area (Å²) in [6.07, 6.45) is 2.54. The van der Waals surface area contributed by atoms with Gasteiger partial charge in [-0.05, 0) is 24.6 Å². The standard InChI is InChI=1S/C13H16FNO3/c1-2-3-7-18-8-6-15-12-5-4-10(13(16)17)9-11(12)14/h2,4-5,9,15H,1,3,6-8H2,(H,16,17). The van der Waals surface area contributed by atoms with Gasteiger partial charge in [0.2, 0.25) is 0 Å². The van der Waals surface area contributed by atoms with Gasteiger partial charge in [0.15, 0.2) is 0 Å². The number of ether oxygens (including phenoxy) is 1. The number of carboxylic acid groups (broad SMARTS) is 1. The summed E-state index contributed by atoms with van der Waals surface area (Å²) in [6.45, 7) is 5.07. The lowest BCUT2D eigenvalue weighted by molar-refractivity contribution is 0.0696. The van der Waals surface area contributed by atoms with E-state index in [4.69, 9.17) is 9.84 Å². The van der Waals surface area contributed by atoms with Gasteiger partial charge in [0.25, 0.3) is 0 Å². The van der Waals surface area contributed by atoms with Crippen LogP contribution in [0.2, 0.25) is 0 Å². The normalized spacial score (nSPS) is 10.1. The number of nitrogens with one attached hydrogen (secondary N) is 1. The Hall–Kier alpha value is -1.88. The number of aromatic carboxylic acids is 1. The highest BCUT2D eigenvalue weighted by molar-refractivity contribution is 5.88. The second-order valence-corrected chi connectivity index (χ2v) is 3.62. The maximum Gasteiger partial charge on any atom is 0.335 e. The number of hydrogen-bond donors (Lipinski definition) is 2. The molecule has 0 aromatic heterocycles. The average molecular weight is 253 g/mol. The van der Waals surface area contributed by atoms with E-state index in [-0.39, 0.29) is 11.3 Å². The number of carbonyl (C=O) groups is 1. The smallest absolute Gasteiger partial charge is 0.335 e. The predicted molar refractivity (Wildman–Crippen MR) is 67.5 cm³/mol. The molecule has 1 aromatic carbocycles. The second-order valence-electron chi connectivity index (χ2n) is 3.62. The fourth-order valence-corrected chi connectivity index (χ4v) is 1.32. The van der Waals surface area contributed by atoms with E-state index in [1.165, 1.54) is 12.1 Å². The van der Waals surface area contributed by atoms with Crippen LogP contribution in [0.15, 0.2) is 30.9 Å². The van der Waals surface area contributed by atoms with E-state index in [1.54, 1.807) is 6.08 Å². The highest BCUT2D eigenvalue weighted by Gasteiger charge is 2.07. The van der Waals surface area contributed by atoms with Crippen molar-refractivity contribution in [2.45, 2.75) is 6.42 Å². The van der Waals surface area contributed by atoms with Gasteiger partial charge in [0, 0.05) is 6.54 Å². The maximum atomic E-state index is 13.5. The van der Waals surface area contributed by atoms with Crippen molar-refractivity contribution >= 4 is 11.7 Å². The first-order chi connectivity index (χ1) is 8.65. The Bertz CT molecular complexity index is 421. The SMILES string of the molecule is C=CCCOCCNc1ccc(C(=O)O)cc1F. The zero-order chi connectivity index (χ0) is 13.4. The van der Waals surface area contributed by atoms with E-state index in [9.17, 15) is 9.18 Å². The Morgan fingerprint density at radius 3 is 2.89 bits per heavy atom. The van der Waals surface area contributed by atoms with Crippen molar-refractivity contribution in [1.29, 1.82) is 0 Å². The van der Waals surface area contributed by atoms with Gasteiger partial charge < -0.3 is 15.2 Å². The molecule has 0 unspecified atom stereocenters. The van der Waals surface area contributed by atoms with Crippen LogP contribution in [0.25, 0.3) is 0 Å². The summed E-state index contributed by atoms with van der Waals surface area (Å²) in [5.74, 6) is -1.73. The minimum Gasteiger partial charge on any atom is -0.478 e. The van der Waals surface area contributed by atoms with E-state index in [0.717, 1.165) is 12.5 Å². The zero-order valence-corrected chi connectivity index (χ0v) is 9.99. The molecular weight excluding hydrogens is 237 g/mol. The number of carboxylic acids is 1. The number of anilines is 1. The van der Waals surface area contributed by atoms with Crippen molar-refractivity contribution < 1.29 is 19.0 Å². The molecule has 0 bridgehead atoms. The van der Waals surface area contributed by atoms with Crippen LogP contribution in [0.3, 0.4) is 0 Å². The number of hydrogen-bond acceptors (Lipinski definition) is 3. The highest BCUT2D eigenvalue weighted by Crippen LogP contribution is 2.15. The van der Waals surface area contributed by atoms with Crippen molar-refractivity contribution in [3.05, 3.63) is 42.2 Å². The molecule has 98 valence electrons. The molecule has 0 fully saturated rings. The Kier molecular flexibility index (Phi) is 5.87. The Morgan fingerprint density at radius 2 is 2.28 bits per heavy atom. The molecule has 0 saturated carbocycles. The van der Waals surface area contributed by atoms with Crippen molar-refractivity contribution in [2.75, 3.05) is 25.1 Å². The molecule has 0 amide bonds. The predicted octanol–water partition coefficient (Wildman–Crippen LogP) is 2.53. The van der Waals surface area contributed by atoms with Crippen LogP contribution in [0.5, 0.6) is 0 Å². The lowest BCUT2D eigenvalue weighted by Gasteiger charge is -2.08. The van der Waals surface area contributed by atoms with Gasteiger partial charge in [0.05, 0.1) is 24.5 Å². The van der Waals surface area contributed by atoms with E-state index < -0.39 is 11.8 Å². The topological polar surface area (TPSA) is 58.6 Å². The van der Waals surface area contributed by atoms with Crippen LogP contribution in [0, 0.1) is 5.82 Å². The summed E-state index contributed by atoms with van der Waals surface area (Å²) >= 11 is 0. The fourth-order valence-electron chi connectivity index (χ4n) is 1.32. The Labute approximate surface area is 105 Å². The Morgan fingerprint density at radius 1 is 1.50 bits per heavy atom. The van der Waals surface area contributed by atoms with Gasteiger partial charge >= 0.3 is 5.97 Å². The molecular formula is C13H16FNO3. The summed E-state index contributed by atoms with van der Waals surface area (Å²) in [7, 11) is 0. The molecule has 0 heterocycles. The van der Waals surface area contributed by atoms with E-state index in [2.05, 4.69) is 11.9 Å². The maximum absolute atomic E-state index is 13.5. The molecule has 5 heteroatoms. The first-order valence-electron chi connectivity index (χ1n) is 5.60. The third-order valence-electron chi connectivity index (χ3n) is 2.24. The molecule has 1 aromatic rings. The third-order valence-corrected chi connectivity index (χ3v) is 2.24.